The Morgan fingerprint density at radius 3 is 2.39 bits per heavy atom. The minimum absolute atomic E-state index is 0.0514. The molecular weight excluding hydrogens is 415 g/mol. The van der Waals surface area contributed by atoms with Gasteiger partial charge in [0, 0.05) is 0 Å². The van der Waals surface area contributed by atoms with Crippen LogP contribution in [-0.4, -0.2) is 33.0 Å². The number of pyridine rings is 1. The number of aromatic nitrogens is 1. The Bertz CT molecular complexity index is 1120. The molecule has 0 aliphatic rings. The Kier molecular flexibility index (Phi) is 5.38. The summed E-state index contributed by atoms with van der Waals surface area (Å²) in [7, 11) is 1.66. The maximum atomic E-state index is 12.7. The number of ether oxygens (including phenoxy) is 1. The number of carbonyl (C=O) groups is 1. The third-order valence-electron chi connectivity index (χ3n) is 4.27. The van der Waals surface area contributed by atoms with Crippen LogP contribution in [0.15, 0.2) is 85.1 Å². The molecule has 0 aliphatic heterocycles. The predicted octanol–water partition coefficient (Wildman–Crippen LogP) is 3.15. The number of hydrogen-bond acceptors (Lipinski definition) is 3. The molecule has 4 aromatic rings. The predicted molar refractivity (Wildman–Crippen MR) is 114 cm³/mol. The van der Waals surface area contributed by atoms with E-state index < -0.39 is 0 Å². The number of benzene rings is 3. The van der Waals surface area contributed by atoms with Gasteiger partial charge < -0.3 is 0 Å². The number of rotatable bonds is 5. The SMILES string of the molecule is COc1cc(NC(=O)c2ccccc2)c2ncccc2c1[Se]c1ccccc1. The van der Waals surface area contributed by atoms with Gasteiger partial charge in [0.2, 0.25) is 0 Å². The molecule has 0 spiro atoms. The van der Waals surface area contributed by atoms with Crippen LogP contribution in [0.1, 0.15) is 10.4 Å². The Morgan fingerprint density at radius 1 is 0.964 bits per heavy atom. The summed E-state index contributed by atoms with van der Waals surface area (Å²) in [6, 6.07) is 25.3. The van der Waals surface area contributed by atoms with Gasteiger partial charge in [-0.1, -0.05) is 0 Å². The molecule has 5 heteroatoms. The third-order valence-corrected chi connectivity index (χ3v) is 6.65. The second-order valence-corrected chi connectivity index (χ2v) is 8.36. The molecule has 3 aromatic carbocycles. The van der Waals surface area contributed by atoms with Gasteiger partial charge in [-0.25, -0.2) is 0 Å². The summed E-state index contributed by atoms with van der Waals surface area (Å²) < 4.78 is 8.05. The fourth-order valence-electron chi connectivity index (χ4n) is 2.94. The van der Waals surface area contributed by atoms with E-state index in [1.807, 2.05) is 54.6 Å². The summed E-state index contributed by atoms with van der Waals surface area (Å²) in [4.78, 5) is 17.2. The van der Waals surface area contributed by atoms with Crippen molar-refractivity contribution in [3.8, 4) is 5.75 Å². The molecular formula is C23H18N2O2Se. The minimum atomic E-state index is -0.170. The monoisotopic (exact) mass is 434 g/mol. The van der Waals surface area contributed by atoms with Crippen molar-refractivity contribution in [2.24, 2.45) is 0 Å². The third kappa shape index (κ3) is 3.77. The van der Waals surface area contributed by atoms with Gasteiger partial charge in [0.25, 0.3) is 0 Å². The maximum absolute atomic E-state index is 12.7. The summed E-state index contributed by atoms with van der Waals surface area (Å²) >= 11 is 0.0514. The van der Waals surface area contributed by atoms with Gasteiger partial charge in [-0.3, -0.25) is 0 Å². The van der Waals surface area contributed by atoms with E-state index in [2.05, 4.69) is 22.4 Å². The number of anilines is 1. The van der Waals surface area contributed by atoms with Gasteiger partial charge in [-0.05, 0) is 0 Å². The summed E-state index contributed by atoms with van der Waals surface area (Å²) in [6.07, 6.45) is 1.74. The molecule has 138 valence electrons. The molecule has 0 saturated heterocycles. The van der Waals surface area contributed by atoms with Crippen LogP contribution in [-0.2, 0) is 0 Å². The summed E-state index contributed by atoms with van der Waals surface area (Å²) in [6.45, 7) is 0. The first kappa shape index (κ1) is 18.2. The number of nitrogens with zero attached hydrogens (tertiary/aromatic N) is 1. The van der Waals surface area contributed by atoms with Gasteiger partial charge in [-0.2, -0.15) is 0 Å². The molecule has 1 aromatic heterocycles. The molecule has 0 radical (unpaired) electrons. The first-order valence-electron chi connectivity index (χ1n) is 8.81. The molecule has 4 nitrogen and oxygen atoms in total. The first-order chi connectivity index (χ1) is 13.8. The van der Waals surface area contributed by atoms with E-state index in [9.17, 15) is 4.79 Å². The summed E-state index contributed by atoms with van der Waals surface area (Å²) in [5, 5.41) is 3.99. The molecule has 1 N–H and O–H groups in total. The Balaban J connectivity index is 1.79. The average molecular weight is 433 g/mol. The Hall–Kier alpha value is -3.14. The standard InChI is InChI=1S/C23H18N2O2Se/c1-27-20-15-19(25-23(26)16-9-4-2-5-10-16)21-18(13-8-14-24-21)22(20)28-17-11-6-3-7-12-17/h2-15H,1H3,(H,25,26). The number of hydrogen-bond donors (Lipinski definition) is 1. The molecule has 1 amide bonds. The molecule has 0 bridgehead atoms. The molecule has 28 heavy (non-hydrogen) atoms. The molecule has 0 fully saturated rings. The second kappa shape index (κ2) is 8.26. The van der Waals surface area contributed by atoms with Crippen LogP contribution >= 0.6 is 0 Å². The molecule has 0 atom stereocenters. The Morgan fingerprint density at radius 2 is 1.68 bits per heavy atom. The van der Waals surface area contributed by atoms with Crippen LogP contribution < -0.4 is 19.0 Å². The van der Waals surface area contributed by atoms with Gasteiger partial charge >= 0.3 is 170 Å². The number of carbonyl (C=O) groups excluding carboxylic acids is 1. The topological polar surface area (TPSA) is 51.2 Å². The van der Waals surface area contributed by atoms with Crippen LogP contribution in [0.3, 0.4) is 0 Å². The Labute approximate surface area is 169 Å². The van der Waals surface area contributed by atoms with Gasteiger partial charge in [0.15, 0.2) is 0 Å². The van der Waals surface area contributed by atoms with E-state index in [4.69, 9.17) is 4.74 Å². The van der Waals surface area contributed by atoms with E-state index in [0.717, 1.165) is 21.1 Å². The quantitative estimate of drug-likeness (QED) is 0.492. The average Bonchev–Trinajstić information content (AvgIpc) is 2.76. The van der Waals surface area contributed by atoms with E-state index in [1.54, 1.807) is 25.4 Å². The van der Waals surface area contributed by atoms with Crippen molar-refractivity contribution in [1.29, 1.82) is 0 Å². The van der Waals surface area contributed by atoms with Crippen LogP contribution in [0, 0.1) is 0 Å². The van der Waals surface area contributed by atoms with E-state index in [1.165, 1.54) is 4.46 Å². The van der Waals surface area contributed by atoms with Crippen molar-refractivity contribution in [3.05, 3.63) is 90.6 Å². The van der Waals surface area contributed by atoms with Crippen molar-refractivity contribution < 1.29 is 9.53 Å². The number of fused-ring (bicyclic) bond motifs is 1. The molecule has 0 saturated carbocycles. The van der Waals surface area contributed by atoms with Crippen LogP contribution in [0.2, 0.25) is 0 Å². The zero-order chi connectivity index (χ0) is 19.3. The molecule has 0 aliphatic carbocycles. The zero-order valence-corrected chi connectivity index (χ0v) is 17.0. The van der Waals surface area contributed by atoms with Crippen molar-refractivity contribution >= 4 is 46.4 Å². The number of amides is 1. The van der Waals surface area contributed by atoms with Crippen molar-refractivity contribution in [3.63, 3.8) is 0 Å². The van der Waals surface area contributed by atoms with Crippen molar-refractivity contribution in [2.45, 2.75) is 0 Å². The van der Waals surface area contributed by atoms with Gasteiger partial charge in [0.05, 0.1) is 0 Å². The number of methoxy groups -OCH3 is 1. The number of nitrogens with one attached hydrogen (secondary N) is 1. The van der Waals surface area contributed by atoms with Gasteiger partial charge in [-0.15, -0.1) is 0 Å². The van der Waals surface area contributed by atoms with Crippen molar-refractivity contribution in [2.75, 3.05) is 12.4 Å². The van der Waals surface area contributed by atoms with Gasteiger partial charge in [0.1, 0.15) is 0 Å². The van der Waals surface area contributed by atoms with Crippen molar-refractivity contribution in [1.82, 2.24) is 4.98 Å². The molecule has 1 heterocycles. The fourth-order valence-corrected chi connectivity index (χ4v) is 5.14. The summed E-state index contributed by atoms with van der Waals surface area (Å²) in [5.41, 5.74) is 2.01. The normalized spacial score (nSPS) is 10.6. The van der Waals surface area contributed by atoms with Crippen LogP contribution in [0.25, 0.3) is 10.9 Å². The van der Waals surface area contributed by atoms with E-state index in [-0.39, 0.29) is 20.9 Å². The zero-order valence-electron chi connectivity index (χ0n) is 15.3. The second-order valence-electron chi connectivity index (χ2n) is 6.09. The first-order valence-corrected chi connectivity index (χ1v) is 10.5. The fraction of sp³-hybridized carbons (Fsp3) is 0.0435. The summed E-state index contributed by atoms with van der Waals surface area (Å²) in [5.74, 6) is 0.587. The molecule has 0 unspecified atom stereocenters. The van der Waals surface area contributed by atoms with E-state index in [0.29, 0.717) is 11.3 Å². The molecule has 4 rings (SSSR count). The van der Waals surface area contributed by atoms with E-state index >= 15 is 0 Å². The van der Waals surface area contributed by atoms with Crippen LogP contribution in [0.5, 0.6) is 5.75 Å². The van der Waals surface area contributed by atoms with Crippen LogP contribution in [0.4, 0.5) is 5.69 Å².